The normalized spacial score (nSPS) is 17.6. The molecule has 4 heteroatoms. The van der Waals surface area contributed by atoms with Gasteiger partial charge in [0.25, 0.3) is 0 Å². The first-order chi connectivity index (χ1) is 9.20. The van der Waals surface area contributed by atoms with Gasteiger partial charge in [0.2, 0.25) is 0 Å². The molecule has 1 fully saturated rings. The summed E-state index contributed by atoms with van der Waals surface area (Å²) in [6.07, 6.45) is 2.77. The molecule has 1 aliphatic heterocycles. The monoisotopic (exact) mass is 283 g/mol. The Hall–Kier alpha value is -0.930. The van der Waals surface area contributed by atoms with Crippen LogP contribution >= 0.6 is 11.6 Å². The van der Waals surface area contributed by atoms with Crippen LogP contribution in [0, 0.1) is 11.7 Å². The van der Waals surface area contributed by atoms with Gasteiger partial charge in [-0.3, -0.25) is 4.79 Å². The van der Waals surface area contributed by atoms with Crippen molar-refractivity contribution in [3.63, 3.8) is 0 Å². The Balaban J connectivity index is 1.87. The largest absolute Gasteiger partial charge is 0.303 e. The molecule has 0 radical (unpaired) electrons. The predicted molar refractivity (Wildman–Crippen MR) is 75.2 cm³/mol. The quantitative estimate of drug-likeness (QED) is 0.610. The van der Waals surface area contributed by atoms with E-state index in [1.165, 1.54) is 12.1 Å². The fourth-order valence-corrected chi connectivity index (χ4v) is 2.67. The Labute approximate surface area is 118 Å². The Kier molecular flexibility index (Phi) is 5.34. The second-order valence-corrected chi connectivity index (χ2v) is 5.41. The van der Waals surface area contributed by atoms with Crippen molar-refractivity contribution in [3.8, 4) is 0 Å². The van der Waals surface area contributed by atoms with Crippen molar-refractivity contribution >= 4 is 17.4 Å². The van der Waals surface area contributed by atoms with Gasteiger partial charge in [-0.15, -0.1) is 11.6 Å². The number of carbonyl (C=O) groups is 1. The zero-order valence-electron chi connectivity index (χ0n) is 10.9. The number of benzene rings is 1. The number of carbonyl (C=O) groups excluding carboxylic acids is 1. The van der Waals surface area contributed by atoms with Crippen molar-refractivity contribution in [1.29, 1.82) is 0 Å². The molecule has 0 aliphatic carbocycles. The number of likely N-dealkylation sites (tertiary alicyclic amines) is 1. The maximum atomic E-state index is 12.8. The molecular formula is C15H19ClFNO. The highest BCUT2D eigenvalue weighted by Gasteiger charge is 2.25. The molecule has 104 valence electrons. The van der Waals surface area contributed by atoms with Gasteiger partial charge < -0.3 is 4.90 Å². The summed E-state index contributed by atoms with van der Waals surface area (Å²) >= 11 is 5.68. The Morgan fingerprint density at radius 2 is 1.89 bits per heavy atom. The third kappa shape index (κ3) is 4.02. The van der Waals surface area contributed by atoms with E-state index in [1.807, 2.05) is 0 Å². The van der Waals surface area contributed by atoms with Crippen LogP contribution in [0.5, 0.6) is 0 Å². The second kappa shape index (κ2) is 7.01. The average Bonchev–Trinajstić information content (AvgIpc) is 2.46. The lowest BCUT2D eigenvalue weighted by Crippen LogP contribution is -2.37. The van der Waals surface area contributed by atoms with Crippen LogP contribution in [0.15, 0.2) is 24.3 Å². The fraction of sp³-hybridized carbons (Fsp3) is 0.533. The van der Waals surface area contributed by atoms with Crippen molar-refractivity contribution in [2.24, 2.45) is 5.92 Å². The first kappa shape index (κ1) is 14.5. The van der Waals surface area contributed by atoms with Gasteiger partial charge in [0, 0.05) is 17.4 Å². The van der Waals surface area contributed by atoms with E-state index in [-0.39, 0.29) is 17.5 Å². The van der Waals surface area contributed by atoms with Crippen molar-refractivity contribution in [1.82, 2.24) is 4.90 Å². The maximum Gasteiger partial charge on any atom is 0.166 e. The first-order valence-electron chi connectivity index (χ1n) is 6.79. The Morgan fingerprint density at radius 3 is 2.47 bits per heavy atom. The van der Waals surface area contributed by atoms with Crippen LogP contribution in [-0.2, 0) is 0 Å². The van der Waals surface area contributed by atoms with Crippen molar-refractivity contribution in [3.05, 3.63) is 35.6 Å². The molecule has 1 aromatic rings. The summed E-state index contributed by atoms with van der Waals surface area (Å²) < 4.78 is 12.8. The zero-order valence-corrected chi connectivity index (χ0v) is 11.7. The number of ketones is 1. The van der Waals surface area contributed by atoms with E-state index in [0.29, 0.717) is 11.4 Å². The SMILES string of the molecule is O=C(c1ccc(F)cc1)C1CCN(CCCCl)CC1. The smallest absolute Gasteiger partial charge is 0.166 e. The second-order valence-electron chi connectivity index (χ2n) is 5.03. The average molecular weight is 284 g/mol. The number of nitrogens with zero attached hydrogens (tertiary/aromatic N) is 1. The minimum atomic E-state index is -0.299. The number of hydrogen-bond donors (Lipinski definition) is 0. The molecule has 2 nitrogen and oxygen atoms in total. The molecule has 0 spiro atoms. The molecule has 2 rings (SSSR count). The van der Waals surface area contributed by atoms with Gasteiger partial charge in [0.05, 0.1) is 0 Å². The molecule has 0 unspecified atom stereocenters. The number of alkyl halides is 1. The molecule has 0 aromatic heterocycles. The summed E-state index contributed by atoms with van der Waals surface area (Å²) in [5, 5.41) is 0. The Bertz CT molecular complexity index is 413. The van der Waals surface area contributed by atoms with E-state index in [4.69, 9.17) is 11.6 Å². The highest BCUT2D eigenvalue weighted by molar-refractivity contribution is 6.17. The van der Waals surface area contributed by atoms with Gasteiger partial charge >= 0.3 is 0 Å². The molecule has 1 aliphatic rings. The van der Waals surface area contributed by atoms with Crippen LogP contribution in [0.3, 0.4) is 0 Å². The number of Topliss-reactive ketones (excluding diaryl/α,β-unsaturated/α-hetero) is 1. The number of hydrogen-bond acceptors (Lipinski definition) is 2. The van der Waals surface area contributed by atoms with Crippen LogP contribution in [0.1, 0.15) is 29.6 Å². The van der Waals surface area contributed by atoms with Gasteiger partial charge in [-0.25, -0.2) is 4.39 Å². The third-order valence-electron chi connectivity index (χ3n) is 3.70. The van der Waals surface area contributed by atoms with Crippen LogP contribution in [0.2, 0.25) is 0 Å². The van der Waals surface area contributed by atoms with Crippen LogP contribution < -0.4 is 0 Å². The predicted octanol–water partition coefficient (Wildman–Crippen LogP) is 3.35. The number of piperidine rings is 1. The van der Waals surface area contributed by atoms with E-state index in [1.54, 1.807) is 12.1 Å². The van der Waals surface area contributed by atoms with E-state index < -0.39 is 0 Å². The van der Waals surface area contributed by atoms with Crippen molar-refractivity contribution < 1.29 is 9.18 Å². The van der Waals surface area contributed by atoms with Crippen LogP contribution in [0.25, 0.3) is 0 Å². The summed E-state index contributed by atoms with van der Waals surface area (Å²) in [6, 6.07) is 5.86. The fourth-order valence-electron chi connectivity index (χ4n) is 2.55. The lowest BCUT2D eigenvalue weighted by molar-refractivity contribution is 0.0840. The molecule has 0 saturated carbocycles. The number of halogens is 2. The third-order valence-corrected chi connectivity index (χ3v) is 3.96. The summed E-state index contributed by atoms with van der Waals surface area (Å²) in [6.45, 7) is 2.92. The van der Waals surface area contributed by atoms with Gasteiger partial charge in [-0.1, -0.05) is 0 Å². The van der Waals surface area contributed by atoms with E-state index in [0.717, 1.165) is 38.9 Å². The van der Waals surface area contributed by atoms with Crippen molar-refractivity contribution in [2.75, 3.05) is 25.5 Å². The summed E-state index contributed by atoms with van der Waals surface area (Å²) in [4.78, 5) is 14.6. The standard InChI is InChI=1S/C15H19ClFNO/c16-8-1-9-18-10-6-13(7-11-18)15(19)12-2-4-14(17)5-3-12/h2-5,13H,1,6-11H2. The highest BCUT2D eigenvalue weighted by Crippen LogP contribution is 2.22. The number of rotatable bonds is 5. The summed E-state index contributed by atoms with van der Waals surface area (Å²) in [7, 11) is 0. The molecule has 1 heterocycles. The first-order valence-corrected chi connectivity index (χ1v) is 7.32. The lowest BCUT2D eigenvalue weighted by atomic mass is 9.89. The van der Waals surface area contributed by atoms with E-state index in [9.17, 15) is 9.18 Å². The maximum absolute atomic E-state index is 12.8. The Morgan fingerprint density at radius 1 is 1.26 bits per heavy atom. The van der Waals surface area contributed by atoms with Crippen LogP contribution in [-0.4, -0.2) is 36.2 Å². The molecule has 19 heavy (non-hydrogen) atoms. The highest BCUT2D eigenvalue weighted by atomic mass is 35.5. The molecule has 1 saturated heterocycles. The molecule has 0 N–H and O–H groups in total. The molecule has 0 amide bonds. The van der Waals surface area contributed by atoms with Crippen molar-refractivity contribution in [2.45, 2.75) is 19.3 Å². The van der Waals surface area contributed by atoms with Gasteiger partial charge in [0.15, 0.2) is 5.78 Å². The lowest BCUT2D eigenvalue weighted by Gasteiger charge is -2.31. The zero-order chi connectivity index (χ0) is 13.7. The minimum Gasteiger partial charge on any atom is -0.303 e. The molecular weight excluding hydrogens is 265 g/mol. The van der Waals surface area contributed by atoms with E-state index in [2.05, 4.69) is 4.90 Å². The van der Waals surface area contributed by atoms with E-state index >= 15 is 0 Å². The van der Waals surface area contributed by atoms with Gasteiger partial charge in [0.1, 0.15) is 5.82 Å². The van der Waals surface area contributed by atoms with Gasteiger partial charge in [-0.05, 0) is 63.2 Å². The van der Waals surface area contributed by atoms with Crippen LogP contribution in [0.4, 0.5) is 4.39 Å². The molecule has 0 atom stereocenters. The topological polar surface area (TPSA) is 20.3 Å². The molecule has 0 bridgehead atoms. The molecule has 1 aromatic carbocycles. The summed E-state index contributed by atoms with van der Waals surface area (Å²) in [5.74, 6) is 0.621. The van der Waals surface area contributed by atoms with Gasteiger partial charge in [-0.2, -0.15) is 0 Å². The summed E-state index contributed by atoms with van der Waals surface area (Å²) in [5.41, 5.74) is 0.626. The minimum absolute atomic E-state index is 0.0812.